The van der Waals surface area contributed by atoms with E-state index in [1.54, 1.807) is 12.3 Å². The topological polar surface area (TPSA) is 74.6 Å². The molecule has 2 saturated heterocycles. The molecule has 2 aliphatic rings. The Morgan fingerprint density at radius 3 is 3.10 bits per heavy atom. The van der Waals surface area contributed by atoms with E-state index < -0.39 is 0 Å². The van der Waals surface area contributed by atoms with Gasteiger partial charge in [-0.15, -0.1) is 0 Å². The lowest BCUT2D eigenvalue weighted by Crippen LogP contribution is -2.44. The number of rotatable bonds is 4. The van der Waals surface area contributed by atoms with Crippen LogP contribution in [0, 0.1) is 0 Å². The first-order chi connectivity index (χ1) is 9.72. The van der Waals surface area contributed by atoms with Crippen molar-refractivity contribution in [1.82, 2.24) is 15.5 Å². The SMILES string of the molecule is O=C1C[C@@H]2CC[C@H](CN1)N2CC(=O)NCc1ccco1. The molecule has 6 heteroatoms. The molecule has 6 nitrogen and oxygen atoms in total. The summed E-state index contributed by atoms with van der Waals surface area (Å²) in [6.45, 7) is 1.41. The number of furan rings is 1. The summed E-state index contributed by atoms with van der Waals surface area (Å²) in [4.78, 5) is 25.7. The number of hydrogen-bond donors (Lipinski definition) is 2. The largest absolute Gasteiger partial charge is 0.467 e. The van der Waals surface area contributed by atoms with Crippen molar-refractivity contribution in [3.63, 3.8) is 0 Å². The van der Waals surface area contributed by atoms with Gasteiger partial charge >= 0.3 is 0 Å². The number of nitrogens with one attached hydrogen (secondary N) is 2. The van der Waals surface area contributed by atoms with Gasteiger partial charge < -0.3 is 15.1 Å². The number of nitrogens with zero attached hydrogens (tertiary/aromatic N) is 1. The highest BCUT2D eigenvalue weighted by atomic mass is 16.3. The molecule has 0 saturated carbocycles. The molecule has 3 heterocycles. The molecule has 2 aliphatic heterocycles. The zero-order chi connectivity index (χ0) is 13.9. The van der Waals surface area contributed by atoms with Crippen molar-refractivity contribution < 1.29 is 14.0 Å². The fraction of sp³-hybridized carbons (Fsp3) is 0.571. The van der Waals surface area contributed by atoms with Crippen LogP contribution in [0.3, 0.4) is 0 Å². The zero-order valence-electron chi connectivity index (χ0n) is 11.3. The van der Waals surface area contributed by atoms with Gasteiger partial charge in [0.05, 0.1) is 19.4 Å². The first-order valence-electron chi connectivity index (χ1n) is 7.04. The van der Waals surface area contributed by atoms with Gasteiger partial charge in [-0.3, -0.25) is 14.5 Å². The minimum Gasteiger partial charge on any atom is -0.467 e. The van der Waals surface area contributed by atoms with Crippen molar-refractivity contribution in [2.75, 3.05) is 13.1 Å². The van der Waals surface area contributed by atoms with E-state index >= 15 is 0 Å². The van der Waals surface area contributed by atoms with Gasteiger partial charge in [0.15, 0.2) is 0 Å². The highest BCUT2D eigenvalue weighted by molar-refractivity contribution is 5.79. The van der Waals surface area contributed by atoms with Crippen LogP contribution in [-0.2, 0) is 16.1 Å². The lowest BCUT2D eigenvalue weighted by atomic mass is 10.1. The van der Waals surface area contributed by atoms with Crippen LogP contribution < -0.4 is 10.6 Å². The maximum atomic E-state index is 12.0. The van der Waals surface area contributed by atoms with Gasteiger partial charge in [0.2, 0.25) is 11.8 Å². The minimum absolute atomic E-state index is 0.0207. The van der Waals surface area contributed by atoms with E-state index in [1.165, 1.54) is 0 Å². The Kier molecular flexibility index (Phi) is 3.73. The summed E-state index contributed by atoms with van der Waals surface area (Å²) in [6, 6.07) is 4.13. The van der Waals surface area contributed by atoms with Gasteiger partial charge in [-0.25, -0.2) is 0 Å². The van der Waals surface area contributed by atoms with Crippen molar-refractivity contribution in [3.8, 4) is 0 Å². The number of amides is 2. The van der Waals surface area contributed by atoms with E-state index in [-0.39, 0.29) is 17.9 Å². The summed E-state index contributed by atoms with van der Waals surface area (Å²) in [6.07, 6.45) is 4.15. The highest BCUT2D eigenvalue weighted by Gasteiger charge is 2.38. The number of carbonyl (C=O) groups is 2. The maximum Gasteiger partial charge on any atom is 0.234 e. The second kappa shape index (κ2) is 5.66. The van der Waals surface area contributed by atoms with Crippen molar-refractivity contribution in [2.45, 2.75) is 37.9 Å². The summed E-state index contributed by atoms with van der Waals surface area (Å²) in [5.74, 6) is 0.819. The molecule has 20 heavy (non-hydrogen) atoms. The quantitative estimate of drug-likeness (QED) is 0.827. The van der Waals surface area contributed by atoms with Gasteiger partial charge in [0.25, 0.3) is 0 Å². The lowest BCUT2D eigenvalue weighted by Gasteiger charge is -2.26. The molecule has 0 unspecified atom stereocenters. The van der Waals surface area contributed by atoms with Crippen LogP contribution >= 0.6 is 0 Å². The maximum absolute atomic E-state index is 12.0. The van der Waals surface area contributed by atoms with Gasteiger partial charge in [-0.05, 0) is 25.0 Å². The minimum atomic E-state index is -0.0207. The van der Waals surface area contributed by atoms with Crippen LogP contribution in [0.5, 0.6) is 0 Å². The predicted molar refractivity (Wildman–Crippen MR) is 71.7 cm³/mol. The Bertz CT molecular complexity index is 486. The Morgan fingerprint density at radius 1 is 1.45 bits per heavy atom. The normalized spacial score (nSPS) is 26.1. The van der Waals surface area contributed by atoms with E-state index in [2.05, 4.69) is 15.5 Å². The fourth-order valence-corrected chi connectivity index (χ4v) is 3.05. The summed E-state index contributed by atoms with van der Waals surface area (Å²) in [7, 11) is 0. The van der Waals surface area contributed by atoms with Crippen molar-refractivity contribution in [1.29, 1.82) is 0 Å². The van der Waals surface area contributed by atoms with Crippen LogP contribution in [0.25, 0.3) is 0 Å². The molecule has 2 amide bonds. The zero-order valence-corrected chi connectivity index (χ0v) is 11.3. The number of hydrogen-bond acceptors (Lipinski definition) is 4. The summed E-state index contributed by atoms with van der Waals surface area (Å²) < 4.78 is 5.18. The van der Waals surface area contributed by atoms with Crippen LogP contribution in [0.4, 0.5) is 0 Å². The summed E-state index contributed by atoms with van der Waals surface area (Å²) in [5.41, 5.74) is 0. The van der Waals surface area contributed by atoms with Crippen molar-refractivity contribution >= 4 is 11.8 Å². The highest BCUT2D eigenvalue weighted by Crippen LogP contribution is 2.27. The van der Waals surface area contributed by atoms with Crippen LogP contribution in [-0.4, -0.2) is 41.9 Å². The molecule has 0 aromatic carbocycles. The van der Waals surface area contributed by atoms with Crippen molar-refractivity contribution in [3.05, 3.63) is 24.2 Å². The molecule has 2 atom stereocenters. The van der Waals surface area contributed by atoms with Gasteiger partial charge in [0.1, 0.15) is 5.76 Å². The number of carbonyl (C=O) groups excluding carboxylic acids is 2. The predicted octanol–water partition coefficient (Wildman–Crippen LogP) is 0.249. The molecule has 0 aliphatic carbocycles. The van der Waals surface area contributed by atoms with E-state index in [0.717, 1.165) is 18.6 Å². The van der Waals surface area contributed by atoms with E-state index in [1.807, 2.05) is 6.07 Å². The molecule has 0 radical (unpaired) electrons. The summed E-state index contributed by atoms with van der Waals surface area (Å²) >= 11 is 0. The van der Waals surface area contributed by atoms with E-state index in [4.69, 9.17) is 4.42 Å². The molecular weight excluding hydrogens is 258 g/mol. The molecule has 3 rings (SSSR count). The van der Waals surface area contributed by atoms with Gasteiger partial charge in [-0.1, -0.05) is 0 Å². The van der Waals surface area contributed by atoms with Gasteiger partial charge in [0, 0.05) is 25.0 Å². The molecule has 2 bridgehead atoms. The molecule has 1 aromatic heterocycles. The van der Waals surface area contributed by atoms with Crippen molar-refractivity contribution in [2.24, 2.45) is 0 Å². The third kappa shape index (κ3) is 2.85. The Labute approximate surface area is 117 Å². The van der Waals surface area contributed by atoms with Crippen LogP contribution in [0.2, 0.25) is 0 Å². The number of fused-ring (bicyclic) bond motifs is 2. The Hall–Kier alpha value is -1.82. The molecular formula is C14H19N3O3. The lowest BCUT2D eigenvalue weighted by molar-refractivity contribution is -0.124. The van der Waals surface area contributed by atoms with Crippen LogP contribution in [0.15, 0.2) is 22.8 Å². The first-order valence-corrected chi connectivity index (χ1v) is 7.04. The average molecular weight is 277 g/mol. The van der Waals surface area contributed by atoms with E-state index in [9.17, 15) is 9.59 Å². The standard InChI is InChI=1S/C14H19N3O3/c18-13-6-10-3-4-11(7-15-13)17(10)9-14(19)16-8-12-2-1-5-20-12/h1-2,5,10-11H,3-4,6-9H2,(H,15,18)(H,16,19)/t10-,11+/m0/s1. The smallest absolute Gasteiger partial charge is 0.234 e. The fourth-order valence-electron chi connectivity index (χ4n) is 3.05. The third-order valence-electron chi connectivity index (χ3n) is 4.09. The third-order valence-corrected chi connectivity index (χ3v) is 4.09. The summed E-state index contributed by atoms with van der Waals surface area (Å²) in [5, 5.41) is 5.76. The molecule has 1 aromatic rings. The second-order valence-corrected chi connectivity index (χ2v) is 5.42. The first kappa shape index (κ1) is 13.2. The molecule has 0 spiro atoms. The van der Waals surface area contributed by atoms with Crippen LogP contribution in [0.1, 0.15) is 25.0 Å². The monoisotopic (exact) mass is 277 g/mol. The molecule has 108 valence electrons. The average Bonchev–Trinajstić information content (AvgIpc) is 3.01. The van der Waals surface area contributed by atoms with E-state index in [0.29, 0.717) is 32.1 Å². The molecule has 2 N–H and O–H groups in total. The molecule has 2 fully saturated rings. The van der Waals surface area contributed by atoms with Gasteiger partial charge in [-0.2, -0.15) is 0 Å². The Morgan fingerprint density at radius 2 is 2.30 bits per heavy atom. The Balaban J connectivity index is 1.54. The second-order valence-electron chi connectivity index (χ2n) is 5.42.